The van der Waals surface area contributed by atoms with Crippen LogP contribution < -0.4 is 0 Å². The van der Waals surface area contributed by atoms with E-state index < -0.39 is 0 Å². The number of unbranched alkanes of at least 4 members (excludes halogenated alkanes) is 6. The van der Waals surface area contributed by atoms with Gasteiger partial charge < -0.3 is 5.11 Å². The lowest BCUT2D eigenvalue weighted by atomic mass is 9.98. The highest BCUT2D eigenvalue weighted by Crippen LogP contribution is 2.51. The molecule has 2 aliphatic rings. The van der Waals surface area contributed by atoms with Gasteiger partial charge in [0.2, 0.25) is 0 Å². The number of aromatic nitrogens is 3. The molecule has 1 aromatic heterocycles. The molecule has 1 N–H and O–H groups in total. The summed E-state index contributed by atoms with van der Waals surface area (Å²) in [6.45, 7) is 2.30. The Labute approximate surface area is 212 Å². The van der Waals surface area contributed by atoms with E-state index >= 15 is 0 Å². The Morgan fingerprint density at radius 2 is 1.71 bits per heavy atom. The van der Waals surface area contributed by atoms with Crippen LogP contribution in [0, 0.1) is 18.8 Å². The molecule has 1 fully saturated rings. The molecule has 2 aromatic carbocycles. The van der Waals surface area contributed by atoms with Crippen LogP contribution in [0.3, 0.4) is 0 Å². The molecule has 1 saturated carbocycles. The second kappa shape index (κ2) is 10.4. The Morgan fingerprint density at radius 1 is 0.971 bits per heavy atom. The highest BCUT2D eigenvalue weighted by molar-refractivity contribution is 6.30. The van der Waals surface area contributed by atoms with Gasteiger partial charge in [-0.3, -0.25) is 9.56 Å². The predicted molar refractivity (Wildman–Crippen MR) is 140 cm³/mol. The molecule has 1 aliphatic carbocycles. The van der Waals surface area contributed by atoms with Crippen LogP contribution in [-0.4, -0.2) is 32.2 Å². The number of nitrogens with zero attached hydrogens (tertiary/aromatic N) is 4. The van der Waals surface area contributed by atoms with Crippen LogP contribution in [0.4, 0.5) is 0 Å². The van der Waals surface area contributed by atoms with E-state index in [0.29, 0.717) is 11.6 Å². The lowest BCUT2D eigenvalue weighted by molar-refractivity contribution is 0.282. The van der Waals surface area contributed by atoms with Crippen LogP contribution in [0.1, 0.15) is 86.1 Å². The van der Waals surface area contributed by atoms with Crippen LogP contribution in [0.2, 0.25) is 5.02 Å². The van der Waals surface area contributed by atoms with E-state index in [1.165, 1.54) is 19.3 Å². The van der Waals surface area contributed by atoms with E-state index in [9.17, 15) is 0 Å². The van der Waals surface area contributed by atoms with Crippen LogP contribution in [-0.2, 0) is 5.54 Å². The van der Waals surface area contributed by atoms with Crippen molar-refractivity contribution in [1.29, 1.82) is 0 Å². The third-order valence-corrected chi connectivity index (χ3v) is 7.10. The van der Waals surface area contributed by atoms with Crippen LogP contribution >= 0.6 is 11.6 Å². The predicted octanol–water partition coefficient (Wildman–Crippen LogP) is 6.14. The van der Waals surface area contributed by atoms with Crippen molar-refractivity contribution in [1.82, 2.24) is 14.8 Å². The molecule has 0 radical (unpaired) electrons. The largest absolute Gasteiger partial charge is 0.396 e. The summed E-state index contributed by atoms with van der Waals surface area (Å²) < 4.78 is 2.17. The molecule has 35 heavy (non-hydrogen) atoms. The number of hydrogen-bond acceptors (Lipinski definition) is 4. The van der Waals surface area contributed by atoms with Crippen molar-refractivity contribution in [2.75, 3.05) is 6.61 Å². The van der Waals surface area contributed by atoms with Crippen molar-refractivity contribution in [2.45, 2.75) is 70.3 Å². The summed E-state index contributed by atoms with van der Waals surface area (Å²) in [5.74, 6) is 8.54. The Bertz CT molecular complexity index is 1290. The maximum Gasteiger partial charge on any atom is 0.165 e. The minimum Gasteiger partial charge on any atom is -0.396 e. The van der Waals surface area contributed by atoms with Gasteiger partial charge in [-0.1, -0.05) is 61.3 Å². The lowest BCUT2D eigenvalue weighted by Gasteiger charge is -2.13. The standard InChI is InChI=1S/C29H31ClN4O/c1-21-32-33-28-29(17-18-29)31-27(23-12-14-24(30)15-13-23)25-20-22(11-16-26(25)34(21)28)10-8-6-4-2-3-5-7-9-19-35/h11-16,20,35H,2-7,9,17-19H2,1H3. The zero-order valence-electron chi connectivity index (χ0n) is 20.2. The van der Waals surface area contributed by atoms with E-state index in [0.717, 1.165) is 78.3 Å². The number of hydrogen-bond donors (Lipinski definition) is 1. The maximum absolute atomic E-state index is 8.87. The number of aliphatic hydroxyl groups is 1. The van der Waals surface area contributed by atoms with E-state index in [2.05, 4.69) is 44.8 Å². The quantitative estimate of drug-likeness (QED) is 0.307. The molecule has 2 heterocycles. The van der Waals surface area contributed by atoms with E-state index in [1.54, 1.807) is 0 Å². The molecule has 180 valence electrons. The molecule has 5 nitrogen and oxygen atoms in total. The molecule has 0 atom stereocenters. The van der Waals surface area contributed by atoms with Gasteiger partial charge in [-0.25, -0.2) is 0 Å². The van der Waals surface area contributed by atoms with Crippen LogP contribution in [0.15, 0.2) is 47.5 Å². The fourth-order valence-corrected chi connectivity index (χ4v) is 4.88. The van der Waals surface area contributed by atoms with E-state index in [4.69, 9.17) is 21.7 Å². The topological polar surface area (TPSA) is 63.3 Å². The summed E-state index contributed by atoms with van der Waals surface area (Å²) in [7, 11) is 0. The molecule has 0 unspecified atom stereocenters. The van der Waals surface area contributed by atoms with E-state index in [-0.39, 0.29) is 5.54 Å². The van der Waals surface area contributed by atoms with Gasteiger partial charge in [0.05, 0.1) is 11.4 Å². The summed E-state index contributed by atoms with van der Waals surface area (Å²) in [6.07, 6.45) is 9.58. The highest BCUT2D eigenvalue weighted by Gasteiger charge is 2.51. The molecule has 6 heteroatoms. The van der Waals surface area contributed by atoms with Gasteiger partial charge in [0.25, 0.3) is 0 Å². The Hall–Kier alpha value is -2.94. The summed E-state index contributed by atoms with van der Waals surface area (Å²) in [4.78, 5) is 5.29. The van der Waals surface area contributed by atoms with Crippen molar-refractivity contribution >= 4 is 17.3 Å². The van der Waals surface area contributed by atoms with Gasteiger partial charge in [0.15, 0.2) is 5.82 Å². The molecule has 0 bridgehead atoms. The van der Waals surface area contributed by atoms with Gasteiger partial charge >= 0.3 is 0 Å². The smallest absolute Gasteiger partial charge is 0.165 e. The minimum absolute atomic E-state index is 0.302. The Kier molecular flexibility index (Phi) is 7.04. The van der Waals surface area contributed by atoms with Crippen LogP contribution in [0.25, 0.3) is 5.69 Å². The van der Waals surface area contributed by atoms with Gasteiger partial charge in [-0.05, 0) is 62.9 Å². The second-order valence-electron chi connectivity index (χ2n) is 9.53. The number of halogens is 1. The molecule has 3 aromatic rings. The summed E-state index contributed by atoms with van der Waals surface area (Å²) in [6, 6.07) is 14.3. The minimum atomic E-state index is -0.307. The SMILES string of the molecule is Cc1nnc2n1-c1ccc(C#CCCCCCCCCO)cc1C(c1ccc(Cl)cc1)=NC21CC1. The number of aliphatic hydroxyl groups excluding tert-OH is 1. The fraction of sp³-hybridized carbons (Fsp3) is 0.414. The van der Waals surface area contributed by atoms with Crippen molar-refractivity contribution in [3.63, 3.8) is 0 Å². The first-order valence-electron chi connectivity index (χ1n) is 12.6. The number of rotatable bonds is 8. The van der Waals surface area contributed by atoms with Crippen molar-refractivity contribution in [3.8, 4) is 17.5 Å². The third-order valence-electron chi connectivity index (χ3n) is 6.84. The van der Waals surface area contributed by atoms with Crippen molar-refractivity contribution in [3.05, 3.63) is 75.8 Å². The third kappa shape index (κ3) is 5.05. The Morgan fingerprint density at radius 3 is 2.46 bits per heavy atom. The van der Waals surface area contributed by atoms with Crippen LogP contribution in [0.5, 0.6) is 0 Å². The molecule has 1 aliphatic heterocycles. The zero-order valence-corrected chi connectivity index (χ0v) is 21.0. The molecule has 0 saturated heterocycles. The first-order valence-corrected chi connectivity index (χ1v) is 13.0. The van der Waals surface area contributed by atoms with Gasteiger partial charge in [-0.15, -0.1) is 10.2 Å². The molecular weight excluding hydrogens is 456 g/mol. The molecule has 0 amide bonds. The first kappa shape index (κ1) is 23.8. The lowest BCUT2D eigenvalue weighted by Crippen LogP contribution is -2.11. The number of benzene rings is 2. The average molecular weight is 487 g/mol. The molecular formula is C29H31ClN4O. The van der Waals surface area contributed by atoms with Gasteiger partial charge in [0, 0.05) is 34.7 Å². The summed E-state index contributed by atoms with van der Waals surface area (Å²) in [5.41, 5.74) is 4.80. The normalized spacial score (nSPS) is 15.0. The number of aliphatic imine (C=N–C) groups is 1. The van der Waals surface area contributed by atoms with Crippen molar-refractivity contribution < 1.29 is 5.11 Å². The van der Waals surface area contributed by atoms with E-state index in [1.807, 2.05) is 31.2 Å². The zero-order chi connectivity index (χ0) is 24.3. The maximum atomic E-state index is 8.87. The summed E-state index contributed by atoms with van der Waals surface area (Å²) >= 11 is 6.19. The highest BCUT2D eigenvalue weighted by atomic mass is 35.5. The average Bonchev–Trinajstić information content (AvgIpc) is 3.57. The summed E-state index contributed by atoms with van der Waals surface area (Å²) in [5, 5.41) is 18.5. The fourth-order valence-electron chi connectivity index (χ4n) is 4.75. The molecule has 1 spiro atoms. The molecule has 5 rings (SSSR count). The first-order chi connectivity index (χ1) is 17.1. The number of fused-ring (bicyclic) bond motifs is 4. The van der Waals surface area contributed by atoms with Gasteiger partial charge in [0.1, 0.15) is 11.4 Å². The second-order valence-corrected chi connectivity index (χ2v) is 9.97. The Balaban J connectivity index is 1.43. The number of aryl methyl sites for hydroxylation is 1. The monoisotopic (exact) mass is 486 g/mol. The van der Waals surface area contributed by atoms with Crippen molar-refractivity contribution in [2.24, 2.45) is 4.99 Å². The van der Waals surface area contributed by atoms with Gasteiger partial charge in [-0.2, -0.15) is 0 Å².